The summed E-state index contributed by atoms with van der Waals surface area (Å²) in [6.45, 7) is 0. The van der Waals surface area contributed by atoms with E-state index in [1.54, 1.807) is 11.9 Å². The summed E-state index contributed by atoms with van der Waals surface area (Å²) >= 11 is 8.32. The Hall–Kier alpha value is 0.850. The number of nitrogens with zero attached hydrogens (tertiary/aromatic N) is 1. The first-order chi connectivity index (χ1) is 3.29. The second-order valence-corrected chi connectivity index (χ2v) is 5.01. The van der Waals surface area contributed by atoms with Crippen molar-refractivity contribution >= 4 is 44.0 Å². The minimum Gasteiger partial charge on any atom is -0.257 e. The molecule has 0 spiro atoms. The molecule has 1 aliphatic rings. The molecule has 1 rings (SSSR count). The van der Waals surface area contributed by atoms with E-state index in [1.165, 1.54) is 0 Å². The Morgan fingerprint density at radius 1 is 1.71 bits per heavy atom. The van der Waals surface area contributed by atoms with Gasteiger partial charge in [0.05, 0.1) is 16.1 Å². The summed E-state index contributed by atoms with van der Waals surface area (Å²) < 4.78 is 2.33. The van der Waals surface area contributed by atoms with Gasteiger partial charge >= 0.3 is 0 Å². The molecule has 40 valence electrons. The van der Waals surface area contributed by atoms with Gasteiger partial charge in [0.15, 0.2) is 0 Å². The third-order valence-electron chi connectivity index (χ3n) is 0.556. The van der Waals surface area contributed by atoms with Gasteiger partial charge in [0, 0.05) is 6.20 Å². The Kier molecular flexibility index (Phi) is 2.06. The van der Waals surface area contributed by atoms with Gasteiger partial charge in [-0.2, -0.15) is 0 Å². The molecular formula is C3H3Br2NS. The molecule has 0 aromatic carbocycles. The minimum absolute atomic E-state index is 0.451. The van der Waals surface area contributed by atoms with E-state index in [0.29, 0.717) is 4.16 Å². The van der Waals surface area contributed by atoms with Crippen molar-refractivity contribution in [3.8, 4) is 0 Å². The molecule has 1 unspecified atom stereocenters. The van der Waals surface area contributed by atoms with Gasteiger partial charge in [-0.05, 0) is 18.0 Å². The standard InChI is InChI=1S/C3H3Br2NS/c4-3-1-2-6(5)7-3/h1-3H. The van der Waals surface area contributed by atoms with Crippen LogP contribution in [0.3, 0.4) is 0 Å². The van der Waals surface area contributed by atoms with Crippen molar-refractivity contribution in [3.05, 3.63) is 12.3 Å². The van der Waals surface area contributed by atoms with Gasteiger partial charge in [0.25, 0.3) is 0 Å². The number of hydrogen-bond donors (Lipinski definition) is 0. The lowest BCUT2D eigenvalue weighted by Gasteiger charge is -2.00. The van der Waals surface area contributed by atoms with Crippen LogP contribution in [0, 0.1) is 0 Å². The summed E-state index contributed by atoms with van der Waals surface area (Å²) in [4.78, 5) is 0. The highest BCUT2D eigenvalue weighted by molar-refractivity contribution is 9.12. The van der Waals surface area contributed by atoms with E-state index in [4.69, 9.17) is 0 Å². The van der Waals surface area contributed by atoms with Crippen LogP contribution in [0.2, 0.25) is 0 Å². The lowest BCUT2D eigenvalue weighted by molar-refractivity contribution is 1.10. The number of rotatable bonds is 0. The number of halogens is 2. The first-order valence-corrected chi connectivity index (χ1v) is 4.19. The quantitative estimate of drug-likeness (QED) is 0.366. The van der Waals surface area contributed by atoms with Crippen molar-refractivity contribution in [1.82, 2.24) is 3.33 Å². The molecule has 0 amide bonds. The average molecular weight is 245 g/mol. The van der Waals surface area contributed by atoms with Gasteiger partial charge in [-0.1, -0.05) is 15.9 Å². The highest BCUT2D eigenvalue weighted by atomic mass is 79.9. The molecule has 0 saturated heterocycles. The van der Waals surface area contributed by atoms with Gasteiger partial charge in [-0.15, -0.1) is 0 Å². The second-order valence-electron chi connectivity index (χ2n) is 1.07. The third kappa shape index (κ3) is 1.66. The predicted octanol–water partition coefficient (Wildman–Crippen LogP) is 2.49. The molecule has 1 nitrogen and oxygen atoms in total. The van der Waals surface area contributed by atoms with Crippen molar-refractivity contribution < 1.29 is 0 Å². The first-order valence-electron chi connectivity index (χ1n) is 1.73. The lowest BCUT2D eigenvalue weighted by atomic mass is 10.7. The zero-order valence-electron chi connectivity index (χ0n) is 3.34. The average Bonchev–Trinajstić information content (AvgIpc) is 1.87. The van der Waals surface area contributed by atoms with E-state index in [-0.39, 0.29) is 0 Å². The van der Waals surface area contributed by atoms with Crippen molar-refractivity contribution in [1.29, 1.82) is 0 Å². The summed E-state index contributed by atoms with van der Waals surface area (Å²) in [7, 11) is 0. The van der Waals surface area contributed by atoms with Gasteiger partial charge in [-0.25, -0.2) is 0 Å². The fourth-order valence-electron chi connectivity index (χ4n) is 0.302. The van der Waals surface area contributed by atoms with Crippen LogP contribution in [0.15, 0.2) is 12.3 Å². The molecule has 0 bridgehead atoms. The topological polar surface area (TPSA) is 3.24 Å². The smallest absolute Gasteiger partial charge is 0.100 e. The fourth-order valence-corrected chi connectivity index (χ4v) is 2.80. The van der Waals surface area contributed by atoms with Crippen LogP contribution < -0.4 is 0 Å². The predicted molar refractivity (Wildman–Crippen MR) is 40.2 cm³/mol. The Labute approximate surface area is 63.7 Å². The minimum atomic E-state index is 0.451. The van der Waals surface area contributed by atoms with Crippen molar-refractivity contribution in [2.24, 2.45) is 0 Å². The van der Waals surface area contributed by atoms with Crippen molar-refractivity contribution in [2.45, 2.75) is 4.16 Å². The Morgan fingerprint density at radius 2 is 2.43 bits per heavy atom. The van der Waals surface area contributed by atoms with E-state index in [2.05, 4.69) is 38.2 Å². The monoisotopic (exact) mass is 243 g/mol. The summed E-state index contributed by atoms with van der Waals surface area (Å²) in [6.07, 6.45) is 4.02. The van der Waals surface area contributed by atoms with Crippen molar-refractivity contribution in [3.63, 3.8) is 0 Å². The zero-order chi connectivity index (χ0) is 5.28. The van der Waals surface area contributed by atoms with Crippen LogP contribution in [-0.4, -0.2) is 7.49 Å². The fraction of sp³-hybridized carbons (Fsp3) is 0.333. The van der Waals surface area contributed by atoms with E-state index < -0.39 is 0 Å². The molecule has 1 aliphatic heterocycles. The molecule has 1 heterocycles. The molecule has 0 N–H and O–H groups in total. The number of hydrogen-bond acceptors (Lipinski definition) is 2. The Balaban J connectivity index is 2.42. The molecule has 7 heavy (non-hydrogen) atoms. The van der Waals surface area contributed by atoms with Crippen LogP contribution in [-0.2, 0) is 0 Å². The number of alkyl halides is 1. The van der Waals surface area contributed by atoms with Crippen molar-refractivity contribution in [2.75, 3.05) is 0 Å². The summed E-state index contributed by atoms with van der Waals surface area (Å²) in [6, 6.07) is 0. The maximum atomic E-state index is 3.38. The highest BCUT2D eigenvalue weighted by Gasteiger charge is 2.09. The maximum Gasteiger partial charge on any atom is 0.100 e. The molecular weight excluding hydrogens is 242 g/mol. The van der Waals surface area contributed by atoms with Crippen LogP contribution in [0.4, 0.5) is 0 Å². The van der Waals surface area contributed by atoms with Crippen LogP contribution >= 0.6 is 44.0 Å². The molecule has 0 aliphatic carbocycles. The van der Waals surface area contributed by atoms with E-state index >= 15 is 0 Å². The molecule has 0 aromatic heterocycles. The Bertz CT molecular complexity index is 84.9. The first kappa shape index (κ1) is 5.98. The second kappa shape index (κ2) is 2.42. The van der Waals surface area contributed by atoms with Crippen LogP contribution in [0.1, 0.15) is 0 Å². The molecule has 1 atom stereocenters. The summed E-state index contributed by atoms with van der Waals surface area (Å²) in [5, 5.41) is 0. The van der Waals surface area contributed by atoms with E-state index in [1.807, 2.05) is 9.53 Å². The largest absolute Gasteiger partial charge is 0.257 e. The highest BCUT2D eigenvalue weighted by Crippen LogP contribution is 2.32. The van der Waals surface area contributed by atoms with E-state index in [0.717, 1.165) is 0 Å². The maximum absolute atomic E-state index is 3.38. The molecule has 4 heteroatoms. The normalized spacial score (nSPS) is 29.4. The SMILES string of the molecule is BrC1C=CN(Br)S1. The van der Waals surface area contributed by atoms with E-state index in [9.17, 15) is 0 Å². The molecule has 0 aromatic rings. The molecule has 0 radical (unpaired) electrons. The third-order valence-corrected chi connectivity index (χ3v) is 2.78. The molecule has 0 fully saturated rings. The van der Waals surface area contributed by atoms with Crippen LogP contribution in [0.5, 0.6) is 0 Å². The molecule has 0 saturated carbocycles. The van der Waals surface area contributed by atoms with Gasteiger partial charge in [0.1, 0.15) is 4.16 Å². The van der Waals surface area contributed by atoms with Crippen LogP contribution in [0.25, 0.3) is 0 Å². The summed E-state index contributed by atoms with van der Waals surface area (Å²) in [5.74, 6) is 0. The van der Waals surface area contributed by atoms with Gasteiger partial charge in [0.2, 0.25) is 0 Å². The van der Waals surface area contributed by atoms with Gasteiger partial charge < -0.3 is 0 Å². The van der Waals surface area contributed by atoms with Gasteiger partial charge in [-0.3, -0.25) is 3.33 Å². The zero-order valence-corrected chi connectivity index (χ0v) is 7.33. The Morgan fingerprint density at radius 3 is 2.57 bits per heavy atom. The summed E-state index contributed by atoms with van der Waals surface area (Å²) in [5.41, 5.74) is 0. The lowest BCUT2D eigenvalue weighted by Crippen LogP contribution is -1.82.